The molecule has 0 bridgehead atoms. The van der Waals surface area contributed by atoms with Gasteiger partial charge in [0.1, 0.15) is 0 Å². The largest absolute Gasteiger partial charge is 0.318 e. The highest BCUT2D eigenvalue weighted by Crippen LogP contribution is 2.44. The van der Waals surface area contributed by atoms with Crippen LogP contribution in [0.3, 0.4) is 0 Å². The summed E-state index contributed by atoms with van der Waals surface area (Å²) in [5.41, 5.74) is 4.11. The van der Waals surface area contributed by atoms with Gasteiger partial charge in [0.25, 0.3) is 0 Å². The van der Waals surface area contributed by atoms with Gasteiger partial charge in [-0.05, 0) is 30.2 Å². The number of rotatable bonds is 1. The molecule has 19 heavy (non-hydrogen) atoms. The molecule has 2 nitrogen and oxygen atoms in total. The summed E-state index contributed by atoms with van der Waals surface area (Å²) in [6.45, 7) is 6.35. The number of benzene rings is 1. The summed E-state index contributed by atoms with van der Waals surface area (Å²) in [5, 5.41) is 4.82. The second-order valence-corrected chi connectivity index (χ2v) is 6.99. The lowest BCUT2D eigenvalue weighted by molar-refractivity contribution is 0.648. The fraction of sp³-hybridized carbons (Fsp3) is 0.267. The van der Waals surface area contributed by atoms with E-state index in [0.29, 0.717) is 0 Å². The first-order chi connectivity index (χ1) is 9.25. The van der Waals surface area contributed by atoms with Crippen molar-refractivity contribution in [2.45, 2.75) is 13.8 Å². The lowest BCUT2D eigenvalue weighted by atomic mass is 10.1. The fourth-order valence-corrected chi connectivity index (χ4v) is 4.91. The summed E-state index contributed by atoms with van der Waals surface area (Å²) in [4.78, 5) is 8.33. The molecule has 0 radical (unpaired) electrons. The number of aryl methyl sites for hydroxylation is 1. The van der Waals surface area contributed by atoms with Gasteiger partial charge in [0.15, 0.2) is 5.17 Å². The monoisotopic (exact) mass is 286 g/mol. The van der Waals surface area contributed by atoms with Crippen molar-refractivity contribution in [2.75, 3.05) is 13.1 Å². The number of thioether (sulfide) groups is 1. The Balaban J connectivity index is 1.96. The molecule has 4 rings (SSSR count). The quantitative estimate of drug-likeness (QED) is 0.776. The molecule has 0 spiro atoms. The standard InChI is InChI=1S/C15H14N2S2/c1-9-8-18-14-11(9)4-3-5-12(14)13-10(2)19-15-16-6-7-17(13)15/h3-5,8H,6-7H2,1-2H3. The second-order valence-electron chi connectivity index (χ2n) is 4.92. The third-order valence-corrected chi connectivity index (χ3v) is 5.88. The minimum absolute atomic E-state index is 0.929. The summed E-state index contributed by atoms with van der Waals surface area (Å²) in [6.07, 6.45) is 0. The summed E-state index contributed by atoms with van der Waals surface area (Å²) >= 11 is 3.67. The van der Waals surface area contributed by atoms with E-state index in [2.05, 4.69) is 47.3 Å². The summed E-state index contributed by atoms with van der Waals surface area (Å²) in [5.74, 6) is 0. The Labute approximate surface area is 120 Å². The Morgan fingerprint density at radius 3 is 3.05 bits per heavy atom. The van der Waals surface area contributed by atoms with Crippen LogP contribution in [-0.2, 0) is 0 Å². The third kappa shape index (κ3) is 1.60. The van der Waals surface area contributed by atoms with Crippen molar-refractivity contribution < 1.29 is 0 Å². The summed E-state index contributed by atoms with van der Waals surface area (Å²) < 4.78 is 1.41. The molecular formula is C15H14N2S2. The van der Waals surface area contributed by atoms with Crippen LogP contribution in [-0.4, -0.2) is 23.2 Å². The maximum atomic E-state index is 4.58. The summed E-state index contributed by atoms with van der Waals surface area (Å²) in [7, 11) is 0. The smallest absolute Gasteiger partial charge is 0.168 e. The van der Waals surface area contributed by atoms with Gasteiger partial charge < -0.3 is 4.90 Å². The van der Waals surface area contributed by atoms with Gasteiger partial charge in [0.2, 0.25) is 0 Å². The van der Waals surface area contributed by atoms with Crippen molar-refractivity contribution in [3.05, 3.63) is 39.6 Å². The molecule has 0 saturated carbocycles. The van der Waals surface area contributed by atoms with Gasteiger partial charge in [0, 0.05) is 21.7 Å². The molecule has 0 fully saturated rings. The van der Waals surface area contributed by atoms with Gasteiger partial charge >= 0.3 is 0 Å². The number of nitrogens with zero attached hydrogens (tertiary/aromatic N) is 2. The zero-order valence-corrected chi connectivity index (χ0v) is 12.6. The molecule has 0 aliphatic carbocycles. The lowest BCUT2D eigenvalue weighted by Gasteiger charge is -2.17. The maximum absolute atomic E-state index is 4.58. The Bertz CT molecular complexity index is 740. The normalized spacial score (nSPS) is 18.4. The lowest BCUT2D eigenvalue weighted by Crippen LogP contribution is -2.20. The van der Waals surface area contributed by atoms with E-state index >= 15 is 0 Å². The Morgan fingerprint density at radius 2 is 2.16 bits per heavy atom. The first-order valence-electron chi connectivity index (χ1n) is 6.43. The Kier molecular flexibility index (Phi) is 2.50. The van der Waals surface area contributed by atoms with Crippen molar-refractivity contribution in [2.24, 2.45) is 4.99 Å². The molecule has 2 aliphatic rings. The molecule has 96 valence electrons. The van der Waals surface area contributed by atoms with Gasteiger partial charge in [-0.1, -0.05) is 30.0 Å². The predicted molar refractivity (Wildman–Crippen MR) is 85.8 cm³/mol. The molecule has 4 heteroatoms. The van der Waals surface area contributed by atoms with Crippen molar-refractivity contribution in [1.82, 2.24) is 4.90 Å². The number of allylic oxidation sites excluding steroid dienone is 1. The summed E-state index contributed by atoms with van der Waals surface area (Å²) in [6, 6.07) is 6.65. The van der Waals surface area contributed by atoms with E-state index in [1.807, 2.05) is 23.1 Å². The average molecular weight is 286 g/mol. The van der Waals surface area contributed by atoms with Crippen LogP contribution in [0.25, 0.3) is 15.8 Å². The van der Waals surface area contributed by atoms with Gasteiger partial charge in [-0.3, -0.25) is 4.99 Å². The van der Waals surface area contributed by atoms with E-state index in [1.165, 1.54) is 37.0 Å². The Morgan fingerprint density at radius 1 is 1.26 bits per heavy atom. The highest BCUT2D eigenvalue weighted by atomic mass is 32.2. The van der Waals surface area contributed by atoms with Crippen LogP contribution in [0.2, 0.25) is 0 Å². The van der Waals surface area contributed by atoms with Crippen molar-refractivity contribution >= 4 is 44.0 Å². The number of fused-ring (bicyclic) bond motifs is 2. The molecule has 2 aromatic rings. The van der Waals surface area contributed by atoms with Gasteiger partial charge in [0.05, 0.1) is 12.2 Å². The van der Waals surface area contributed by atoms with Crippen LogP contribution in [0.4, 0.5) is 0 Å². The highest BCUT2D eigenvalue weighted by Gasteiger charge is 2.31. The van der Waals surface area contributed by atoms with Crippen LogP contribution >= 0.6 is 23.1 Å². The maximum Gasteiger partial charge on any atom is 0.168 e. The topological polar surface area (TPSA) is 15.6 Å². The van der Waals surface area contributed by atoms with Crippen LogP contribution < -0.4 is 0 Å². The molecule has 0 N–H and O–H groups in total. The van der Waals surface area contributed by atoms with E-state index in [4.69, 9.17) is 0 Å². The molecule has 1 aromatic heterocycles. The van der Waals surface area contributed by atoms with Crippen LogP contribution in [0, 0.1) is 6.92 Å². The SMILES string of the molecule is CC1=C(c2cccc3c(C)csc23)N2CCN=C2S1. The van der Waals surface area contributed by atoms with Crippen LogP contribution in [0.15, 0.2) is 33.5 Å². The zero-order valence-electron chi connectivity index (χ0n) is 10.9. The van der Waals surface area contributed by atoms with E-state index < -0.39 is 0 Å². The van der Waals surface area contributed by atoms with Crippen molar-refractivity contribution in [1.29, 1.82) is 0 Å². The second kappa shape index (κ2) is 4.12. The van der Waals surface area contributed by atoms with Gasteiger partial charge in [-0.25, -0.2) is 0 Å². The minimum Gasteiger partial charge on any atom is -0.318 e. The van der Waals surface area contributed by atoms with E-state index in [1.54, 1.807) is 0 Å². The number of hydrogen-bond acceptors (Lipinski definition) is 4. The molecule has 0 atom stereocenters. The number of thiophene rings is 1. The first kappa shape index (κ1) is 11.6. The first-order valence-corrected chi connectivity index (χ1v) is 8.13. The molecule has 2 aliphatic heterocycles. The highest BCUT2D eigenvalue weighted by molar-refractivity contribution is 8.17. The average Bonchev–Trinajstić information content (AvgIpc) is 3.05. The molecule has 0 amide bonds. The van der Waals surface area contributed by atoms with E-state index in [9.17, 15) is 0 Å². The van der Waals surface area contributed by atoms with Gasteiger partial charge in [-0.15, -0.1) is 11.3 Å². The minimum atomic E-state index is 0.929. The van der Waals surface area contributed by atoms with E-state index in [-0.39, 0.29) is 0 Å². The zero-order chi connectivity index (χ0) is 13.0. The van der Waals surface area contributed by atoms with E-state index in [0.717, 1.165) is 13.1 Å². The van der Waals surface area contributed by atoms with Crippen LogP contribution in [0.1, 0.15) is 18.1 Å². The van der Waals surface area contributed by atoms with Crippen molar-refractivity contribution in [3.8, 4) is 0 Å². The number of amidine groups is 1. The molecule has 0 unspecified atom stereocenters. The van der Waals surface area contributed by atoms with Gasteiger partial charge in [-0.2, -0.15) is 0 Å². The fourth-order valence-electron chi connectivity index (χ4n) is 2.80. The molecule has 3 heterocycles. The molecule has 1 aromatic carbocycles. The third-order valence-electron chi connectivity index (χ3n) is 3.70. The number of aliphatic imine (C=N–C) groups is 1. The number of hydrogen-bond donors (Lipinski definition) is 0. The Hall–Kier alpha value is -1.26. The molecule has 0 saturated heterocycles. The predicted octanol–water partition coefficient (Wildman–Crippen LogP) is 4.32. The van der Waals surface area contributed by atoms with Crippen molar-refractivity contribution in [3.63, 3.8) is 0 Å². The molecular weight excluding hydrogens is 272 g/mol. The van der Waals surface area contributed by atoms with Crippen LogP contribution in [0.5, 0.6) is 0 Å².